The number of nitrogens with one attached hydrogen (secondary N) is 1. The van der Waals surface area contributed by atoms with Crippen molar-refractivity contribution in [2.24, 2.45) is 0 Å². The van der Waals surface area contributed by atoms with Crippen molar-refractivity contribution >= 4 is 24.3 Å². The summed E-state index contributed by atoms with van der Waals surface area (Å²) in [6.45, 7) is 7.82. The number of esters is 1. The van der Waals surface area contributed by atoms with Crippen LogP contribution in [-0.2, 0) is 14.3 Å². The molecule has 0 radical (unpaired) electrons. The van der Waals surface area contributed by atoms with Gasteiger partial charge in [0.1, 0.15) is 0 Å². The fraction of sp³-hybridized carbons (Fsp3) is 0.900. The number of aliphatic carboxylic acids is 1. The highest BCUT2D eigenvalue weighted by atomic mass is 35.5. The van der Waals surface area contributed by atoms with Gasteiger partial charge in [-0.3, -0.25) is 9.59 Å². The summed E-state index contributed by atoms with van der Waals surface area (Å²) in [5.41, 5.74) is 0. The van der Waals surface area contributed by atoms with Gasteiger partial charge in [0.25, 0.3) is 0 Å². The van der Waals surface area contributed by atoms with Crippen LogP contribution in [-0.4, -0.2) is 62.3 Å². The van der Waals surface area contributed by atoms with E-state index in [0.29, 0.717) is 13.0 Å². The monoisotopic (exact) mass is 410 g/mol. The lowest BCUT2D eigenvalue weighted by Crippen LogP contribution is -2.22. The Bertz CT molecular complexity index is 331. The van der Waals surface area contributed by atoms with Crippen molar-refractivity contribution in [2.45, 2.75) is 78.1 Å². The van der Waals surface area contributed by atoms with Crippen molar-refractivity contribution in [3.05, 3.63) is 0 Å². The quantitative estimate of drug-likeness (QED) is 0.294. The van der Waals surface area contributed by atoms with Gasteiger partial charge in [0, 0.05) is 13.1 Å². The number of unbranched alkanes of at least 4 members (excludes halogenated alkanes) is 6. The van der Waals surface area contributed by atoms with Crippen LogP contribution in [0.15, 0.2) is 0 Å². The predicted octanol–water partition coefficient (Wildman–Crippen LogP) is 4.11. The molecule has 0 saturated carbocycles. The second-order valence-corrected chi connectivity index (χ2v) is 6.64. The number of halogens is 1. The highest BCUT2D eigenvalue weighted by molar-refractivity contribution is 5.85. The van der Waals surface area contributed by atoms with Crippen LogP contribution >= 0.6 is 12.4 Å². The van der Waals surface area contributed by atoms with E-state index >= 15 is 0 Å². The minimum absolute atomic E-state index is 0. The van der Waals surface area contributed by atoms with E-state index in [2.05, 4.69) is 28.8 Å². The Morgan fingerprint density at radius 3 is 2.00 bits per heavy atom. The minimum Gasteiger partial charge on any atom is -0.481 e. The molecular formula is C20H43ClN2O4. The maximum Gasteiger partial charge on any atom is 0.306 e. The standard InChI is InChI=1S/2C10H21NO2.ClH/c1-3-4-5-6-8-11-9-7-10(12)13-2;1-3-4-5-6-8-11(2)9-7-10(12)13;/h11H,3-9H2,1-2H3;3-9H2,1-2H3,(H,12,13);1H. The average molecular weight is 411 g/mol. The Hall–Kier alpha value is -0.850. The Morgan fingerprint density at radius 1 is 0.889 bits per heavy atom. The lowest BCUT2D eigenvalue weighted by atomic mass is 10.2. The van der Waals surface area contributed by atoms with Crippen LogP contribution in [0.5, 0.6) is 0 Å². The van der Waals surface area contributed by atoms with Gasteiger partial charge in [-0.05, 0) is 33.0 Å². The van der Waals surface area contributed by atoms with Gasteiger partial charge < -0.3 is 20.1 Å². The molecule has 0 aliphatic heterocycles. The third kappa shape index (κ3) is 30.1. The van der Waals surface area contributed by atoms with E-state index < -0.39 is 5.97 Å². The number of ether oxygens (including phenoxy) is 1. The number of hydrogen-bond acceptors (Lipinski definition) is 5. The Kier molecular flexibility index (Phi) is 28.7. The number of hydrogen-bond donors (Lipinski definition) is 2. The molecule has 0 fully saturated rings. The van der Waals surface area contributed by atoms with Crippen LogP contribution in [0.1, 0.15) is 78.1 Å². The molecule has 0 saturated heterocycles. The molecule has 0 unspecified atom stereocenters. The molecule has 0 aromatic heterocycles. The summed E-state index contributed by atoms with van der Waals surface area (Å²) in [7, 11) is 3.40. The first-order chi connectivity index (χ1) is 12.5. The van der Waals surface area contributed by atoms with Gasteiger partial charge in [0.05, 0.1) is 20.0 Å². The molecule has 0 rings (SSSR count). The number of methoxy groups -OCH3 is 1. The summed E-state index contributed by atoms with van der Waals surface area (Å²) in [5.74, 6) is -0.846. The van der Waals surface area contributed by atoms with Crippen molar-refractivity contribution in [2.75, 3.05) is 40.3 Å². The van der Waals surface area contributed by atoms with Gasteiger partial charge in [-0.25, -0.2) is 0 Å². The van der Waals surface area contributed by atoms with Crippen LogP contribution < -0.4 is 5.32 Å². The van der Waals surface area contributed by atoms with Crippen LogP contribution in [0.2, 0.25) is 0 Å². The lowest BCUT2D eigenvalue weighted by Gasteiger charge is -2.14. The smallest absolute Gasteiger partial charge is 0.306 e. The first-order valence-corrected chi connectivity index (χ1v) is 10.2. The fourth-order valence-electron chi connectivity index (χ4n) is 2.30. The lowest BCUT2D eigenvalue weighted by molar-refractivity contribution is -0.140. The molecule has 0 heterocycles. The number of carbonyl (C=O) groups is 2. The third-order valence-corrected chi connectivity index (χ3v) is 4.04. The number of rotatable bonds is 16. The third-order valence-electron chi connectivity index (χ3n) is 4.04. The Balaban J connectivity index is -0.000000411. The zero-order valence-electron chi connectivity index (χ0n) is 17.9. The first kappa shape index (κ1) is 30.9. The molecular weight excluding hydrogens is 368 g/mol. The Morgan fingerprint density at radius 2 is 1.48 bits per heavy atom. The molecule has 6 nitrogen and oxygen atoms in total. The van der Waals surface area contributed by atoms with Crippen molar-refractivity contribution in [3.8, 4) is 0 Å². The van der Waals surface area contributed by atoms with Gasteiger partial charge >= 0.3 is 11.9 Å². The zero-order valence-corrected chi connectivity index (χ0v) is 18.7. The summed E-state index contributed by atoms with van der Waals surface area (Å²) < 4.78 is 4.52. The molecule has 7 heteroatoms. The second-order valence-electron chi connectivity index (χ2n) is 6.64. The molecule has 27 heavy (non-hydrogen) atoms. The fourth-order valence-corrected chi connectivity index (χ4v) is 2.30. The van der Waals surface area contributed by atoms with Crippen LogP contribution in [0.3, 0.4) is 0 Å². The molecule has 0 bridgehead atoms. The van der Waals surface area contributed by atoms with Crippen LogP contribution in [0.25, 0.3) is 0 Å². The van der Waals surface area contributed by atoms with E-state index in [1.165, 1.54) is 58.5 Å². The van der Waals surface area contributed by atoms with Gasteiger partial charge in [0.15, 0.2) is 0 Å². The van der Waals surface area contributed by atoms with Crippen molar-refractivity contribution < 1.29 is 19.4 Å². The van der Waals surface area contributed by atoms with E-state index in [1.54, 1.807) is 0 Å². The van der Waals surface area contributed by atoms with E-state index in [9.17, 15) is 9.59 Å². The molecule has 2 N–H and O–H groups in total. The largest absolute Gasteiger partial charge is 0.481 e. The predicted molar refractivity (Wildman–Crippen MR) is 115 cm³/mol. The molecule has 0 aromatic carbocycles. The molecule has 0 aliphatic rings. The number of carboxylic acid groups (broad SMARTS) is 1. The van der Waals surface area contributed by atoms with Gasteiger partial charge in [-0.1, -0.05) is 52.4 Å². The zero-order chi connectivity index (χ0) is 20.0. The molecule has 0 amide bonds. The minimum atomic E-state index is -0.708. The summed E-state index contributed by atoms with van der Waals surface area (Å²) in [6, 6.07) is 0. The maximum absolute atomic E-state index is 10.7. The molecule has 0 aliphatic carbocycles. The van der Waals surface area contributed by atoms with Crippen molar-refractivity contribution in [1.82, 2.24) is 10.2 Å². The average Bonchev–Trinajstić information content (AvgIpc) is 2.63. The summed E-state index contributed by atoms with van der Waals surface area (Å²) in [4.78, 5) is 23.0. The van der Waals surface area contributed by atoms with Crippen molar-refractivity contribution in [1.29, 1.82) is 0 Å². The maximum atomic E-state index is 10.7. The molecule has 0 atom stereocenters. The normalized spacial score (nSPS) is 9.96. The second kappa shape index (κ2) is 25.1. The highest BCUT2D eigenvalue weighted by Gasteiger charge is 2.01. The van der Waals surface area contributed by atoms with Gasteiger partial charge in [0.2, 0.25) is 0 Å². The topological polar surface area (TPSA) is 78.9 Å². The van der Waals surface area contributed by atoms with E-state index in [-0.39, 0.29) is 24.8 Å². The number of carbonyl (C=O) groups excluding carboxylic acids is 1. The number of carboxylic acids is 1. The van der Waals surface area contributed by atoms with E-state index in [0.717, 1.165) is 19.6 Å². The SMILES string of the molecule is CCCCCCN(C)CCC(=O)O.CCCCCCNCCC(=O)OC.Cl. The van der Waals surface area contributed by atoms with Crippen molar-refractivity contribution in [3.63, 3.8) is 0 Å². The first-order valence-electron chi connectivity index (χ1n) is 10.2. The van der Waals surface area contributed by atoms with E-state index in [4.69, 9.17) is 5.11 Å². The van der Waals surface area contributed by atoms with E-state index in [1.807, 2.05) is 7.05 Å². The van der Waals surface area contributed by atoms with Gasteiger partial charge in [-0.15, -0.1) is 12.4 Å². The molecule has 0 aromatic rings. The summed E-state index contributed by atoms with van der Waals surface area (Å²) in [6.07, 6.45) is 10.8. The van der Waals surface area contributed by atoms with Crippen LogP contribution in [0.4, 0.5) is 0 Å². The van der Waals surface area contributed by atoms with Gasteiger partial charge in [-0.2, -0.15) is 0 Å². The summed E-state index contributed by atoms with van der Waals surface area (Å²) in [5, 5.41) is 11.7. The summed E-state index contributed by atoms with van der Waals surface area (Å²) >= 11 is 0. The highest BCUT2D eigenvalue weighted by Crippen LogP contribution is 2.00. The van der Waals surface area contributed by atoms with Crippen LogP contribution in [0, 0.1) is 0 Å². The Labute approximate surface area is 172 Å². The molecule has 164 valence electrons. The number of nitrogens with zero attached hydrogens (tertiary/aromatic N) is 1. The molecule has 0 spiro atoms.